The highest BCUT2D eigenvalue weighted by Crippen LogP contribution is 2.10. The first-order valence-corrected chi connectivity index (χ1v) is 4.79. The third-order valence-corrected chi connectivity index (χ3v) is 1.88. The quantitative estimate of drug-likeness (QED) is 0.797. The van der Waals surface area contributed by atoms with Crippen molar-refractivity contribution in [2.45, 2.75) is 12.5 Å². The number of nitrogens with one attached hydrogen (secondary N) is 1. The molecular formula is C9H14ClF2N3O3. The van der Waals surface area contributed by atoms with Crippen molar-refractivity contribution in [3.8, 4) is 0 Å². The van der Waals surface area contributed by atoms with E-state index in [1.54, 1.807) is 0 Å². The first-order chi connectivity index (χ1) is 7.98. The number of aromatic nitrogens is 1. The van der Waals surface area contributed by atoms with E-state index in [4.69, 9.17) is 15.0 Å². The molecule has 0 aromatic carbocycles. The van der Waals surface area contributed by atoms with Gasteiger partial charge in [-0.15, -0.1) is 12.4 Å². The van der Waals surface area contributed by atoms with Crippen molar-refractivity contribution < 1.29 is 22.8 Å². The summed E-state index contributed by atoms with van der Waals surface area (Å²) >= 11 is 0. The van der Waals surface area contributed by atoms with Crippen molar-refractivity contribution in [2.24, 2.45) is 5.73 Å². The fraction of sp³-hybridized carbons (Fsp3) is 0.556. The topological polar surface area (TPSA) is 90.4 Å². The maximum atomic E-state index is 12.8. The molecule has 0 spiro atoms. The summed E-state index contributed by atoms with van der Waals surface area (Å²) in [5.74, 6) is -3.54. The van der Waals surface area contributed by atoms with Crippen molar-refractivity contribution in [2.75, 3.05) is 20.2 Å². The summed E-state index contributed by atoms with van der Waals surface area (Å²) in [7, 11) is 1.45. The summed E-state index contributed by atoms with van der Waals surface area (Å²) in [5.41, 5.74) is 4.74. The standard InChI is InChI=1S/C9H13F2N3O3.ClH/c1-16-3-6-2-7(14-17-6)8(15)13-5-9(10,11)4-12;/h2H,3-5,12H2,1H3,(H,13,15);1H. The zero-order valence-electron chi connectivity index (χ0n) is 9.61. The summed E-state index contributed by atoms with van der Waals surface area (Å²) in [4.78, 5) is 11.4. The smallest absolute Gasteiger partial charge is 0.277 e. The van der Waals surface area contributed by atoms with Crippen molar-refractivity contribution in [3.05, 3.63) is 17.5 Å². The maximum absolute atomic E-state index is 12.8. The Morgan fingerprint density at radius 3 is 2.89 bits per heavy atom. The van der Waals surface area contributed by atoms with E-state index in [1.165, 1.54) is 13.2 Å². The summed E-state index contributed by atoms with van der Waals surface area (Å²) in [5, 5.41) is 5.43. The number of halogens is 3. The lowest BCUT2D eigenvalue weighted by molar-refractivity contribution is 0.0117. The van der Waals surface area contributed by atoms with Crippen LogP contribution in [0.2, 0.25) is 0 Å². The number of carbonyl (C=O) groups excluding carboxylic acids is 1. The van der Waals surface area contributed by atoms with Gasteiger partial charge in [0.1, 0.15) is 6.61 Å². The SMILES string of the molecule is COCc1cc(C(=O)NCC(F)(F)CN)no1.Cl. The molecule has 0 fully saturated rings. The normalized spacial score (nSPS) is 10.9. The van der Waals surface area contributed by atoms with Gasteiger partial charge in [0.2, 0.25) is 0 Å². The average molecular weight is 286 g/mol. The van der Waals surface area contributed by atoms with Crippen LogP contribution in [0.1, 0.15) is 16.2 Å². The third-order valence-electron chi connectivity index (χ3n) is 1.88. The molecule has 1 aromatic rings. The van der Waals surface area contributed by atoms with Crippen LogP contribution in [0.15, 0.2) is 10.6 Å². The second-order valence-electron chi connectivity index (χ2n) is 3.35. The predicted octanol–water partition coefficient (Wildman–Crippen LogP) is 0.567. The maximum Gasteiger partial charge on any atom is 0.277 e. The van der Waals surface area contributed by atoms with Crippen molar-refractivity contribution >= 4 is 18.3 Å². The highest BCUT2D eigenvalue weighted by Gasteiger charge is 2.27. The largest absolute Gasteiger partial charge is 0.377 e. The van der Waals surface area contributed by atoms with Crippen LogP contribution in [-0.4, -0.2) is 37.2 Å². The molecule has 0 unspecified atom stereocenters. The number of nitrogens with two attached hydrogens (primary N) is 1. The lowest BCUT2D eigenvalue weighted by atomic mass is 10.3. The minimum absolute atomic E-state index is 0. The Hall–Kier alpha value is -1.25. The van der Waals surface area contributed by atoms with Crippen LogP contribution >= 0.6 is 12.4 Å². The molecule has 1 aromatic heterocycles. The lowest BCUT2D eigenvalue weighted by Crippen LogP contribution is -2.41. The summed E-state index contributed by atoms with van der Waals surface area (Å²) in [6, 6.07) is 1.32. The van der Waals surface area contributed by atoms with Crippen LogP contribution < -0.4 is 11.1 Å². The van der Waals surface area contributed by atoms with Crippen LogP contribution in [-0.2, 0) is 11.3 Å². The van der Waals surface area contributed by atoms with Crippen LogP contribution in [0.4, 0.5) is 8.78 Å². The highest BCUT2D eigenvalue weighted by molar-refractivity contribution is 5.92. The lowest BCUT2D eigenvalue weighted by Gasteiger charge is -2.13. The number of alkyl halides is 2. The molecule has 0 aliphatic heterocycles. The Morgan fingerprint density at radius 2 is 2.33 bits per heavy atom. The zero-order valence-corrected chi connectivity index (χ0v) is 10.4. The Morgan fingerprint density at radius 1 is 1.67 bits per heavy atom. The van der Waals surface area contributed by atoms with E-state index in [0.29, 0.717) is 5.76 Å². The summed E-state index contributed by atoms with van der Waals surface area (Å²) < 4.78 is 35.0. The number of hydrogen-bond donors (Lipinski definition) is 2. The van der Waals surface area contributed by atoms with Gasteiger partial charge in [-0.2, -0.15) is 0 Å². The van der Waals surface area contributed by atoms with E-state index in [2.05, 4.69) is 5.16 Å². The van der Waals surface area contributed by atoms with Gasteiger partial charge in [-0.05, 0) is 0 Å². The average Bonchev–Trinajstić information content (AvgIpc) is 2.75. The number of methoxy groups -OCH3 is 1. The van der Waals surface area contributed by atoms with Crippen molar-refractivity contribution in [1.82, 2.24) is 10.5 Å². The Labute approximate surface area is 108 Å². The molecule has 0 aliphatic carbocycles. The van der Waals surface area contributed by atoms with Crippen LogP contribution in [0, 0.1) is 0 Å². The van der Waals surface area contributed by atoms with Gasteiger partial charge in [0.05, 0.1) is 13.1 Å². The minimum atomic E-state index is -3.13. The number of amides is 1. The second-order valence-corrected chi connectivity index (χ2v) is 3.35. The van der Waals surface area contributed by atoms with Crippen molar-refractivity contribution in [3.63, 3.8) is 0 Å². The molecule has 0 saturated heterocycles. The van der Waals surface area contributed by atoms with E-state index in [-0.39, 0.29) is 24.7 Å². The number of rotatable bonds is 6. The van der Waals surface area contributed by atoms with E-state index in [1.807, 2.05) is 5.32 Å². The van der Waals surface area contributed by atoms with Crippen LogP contribution in [0.25, 0.3) is 0 Å². The van der Waals surface area contributed by atoms with Gasteiger partial charge in [0, 0.05) is 13.2 Å². The van der Waals surface area contributed by atoms with Gasteiger partial charge in [-0.3, -0.25) is 4.79 Å². The highest BCUT2D eigenvalue weighted by atomic mass is 35.5. The molecule has 1 rings (SSSR count). The molecule has 1 heterocycles. The van der Waals surface area contributed by atoms with Gasteiger partial charge in [-0.1, -0.05) is 5.16 Å². The molecule has 0 radical (unpaired) electrons. The predicted molar refractivity (Wildman–Crippen MR) is 60.8 cm³/mol. The summed E-state index contributed by atoms with van der Waals surface area (Å²) in [6.45, 7) is -1.52. The van der Waals surface area contributed by atoms with Crippen LogP contribution in [0.3, 0.4) is 0 Å². The molecular weight excluding hydrogens is 272 g/mol. The molecule has 0 atom stereocenters. The first-order valence-electron chi connectivity index (χ1n) is 4.79. The van der Waals surface area contributed by atoms with E-state index >= 15 is 0 Å². The van der Waals surface area contributed by atoms with Gasteiger partial charge in [-0.25, -0.2) is 8.78 Å². The van der Waals surface area contributed by atoms with E-state index in [9.17, 15) is 13.6 Å². The molecule has 3 N–H and O–H groups in total. The molecule has 18 heavy (non-hydrogen) atoms. The Balaban J connectivity index is 0.00000289. The number of carbonyl (C=O) groups is 1. The van der Waals surface area contributed by atoms with Gasteiger partial charge in [0.15, 0.2) is 11.5 Å². The fourth-order valence-electron chi connectivity index (χ4n) is 1.00. The molecule has 0 saturated carbocycles. The third kappa shape index (κ3) is 4.94. The first kappa shape index (κ1) is 16.8. The van der Waals surface area contributed by atoms with E-state index in [0.717, 1.165) is 0 Å². The van der Waals surface area contributed by atoms with Crippen LogP contribution in [0.5, 0.6) is 0 Å². The minimum Gasteiger partial charge on any atom is -0.377 e. The van der Waals surface area contributed by atoms with E-state index < -0.39 is 24.9 Å². The number of hydrogen-bond acceptors (Lipinski definition) is 5. The fourth-order valence-corrected chi connectivity index (χ4v) is 1.00. The summed E-state index contributed by atoms with van der Waals surface area (Å²) in [6.07, 6.45) is 0. The Bertz CT molecular complexity index is 387. The number of ether oxygens (including phenoxy) is 1. The number of nitrogens with zero attached hydrogens (tertiary/aromatic N) is 1. The molecule has 0 bridgehead atoms. The Kier molecular flexibility index (Phi) is 6.74. The molecule has 104 valence electrons. The van der Waals surface area contributed by atoms with Gasteiger partial charge < -0.3 is 20.3 Å². The molecule has 6 nitrogen and oxygen atoms in total. The zero-order chi connectivity index (χ0) is 12.9. The molecule has 0 aliphatic rings. The monoisotopic (exact) mass is 285 g/mol. The van der Waals surface area contributed by atoms with Gasteiger partial charge in [0.25, 0.3) is 11.8 Å². The second kappa shape index (κ2) is 7.24. The molecule has 1 amide bonds. The van der Waals surface area contributed by atoms with Gasteiger partial charge >= 0.3 is 0 Å². The van der Waals surface area contributed by atoms with Crippen molar-refractivity contribution in [1.29, 1.82) is 0 Å². The molecule has 9 heteroatoms.